The van der Waals surface area contributed by atoms with E-state index in [2.05, 4.69) is 121 Å². The van der Waals surface area contributed by atoms with Gasteiger partial charge in [0.15, 0.2) is 0 Å². The molecule has 1 heterocycles. The average molecular weight is 483 g/mol. The molecule has 0 fully saturated rings. The highest BCUT2D eigenvalue weighted by molar-refractivity contribution is 6.06. The van der Waals surface area contributed by atoms with Crippen LogP contribution in [-0.4, -0.2) is 0 Å². The van der Waals surface area contributed by atoms with Gasteiger partial charge in [-0.05, 0) is 79.9 Å². The summed E-state index contributed by atoms with van der Waals surface area (Å²) in [6.07, 6.45) is 0. The average Bonchev–Trinajstić information content (AvgIpc) is 3.60. The molecule has 0 saturated heterocycles. The molecule has 0 atom stereocenters. The van der Waals surface area contributed by atoms with Gasteiger partial charge in [-0.3, -0.25) is 0 Å². The van der Waals surface area contributed by atoms with Gasteiger partial charge < -0.3 is 4.42 Å². The summed E-state index contributed by atoms with van der Waals surface area (Å²) in [4.78, 5) is 0. The van der Waals surface area contributed by atoms with Gasteiger partial charge in [0.1, 0.15) is 11.2 Å². The van der Waals surface area contributed by atoms with Gasteiger partial charge in [-0.25, -0.2) is 0 Å². The molecule has 2 aliphatic carbocycles. The first-order valence-corrected chi connectivity index (χ1v) is 13.2. The molecular weight excluding hydrogens is 460 g/mol. The number of furan rings is 1. The van der Waals surface area contributed by atoms with Crippen molar-refractivity contribution < 1.29 is 4.42 Å². The highest BCUT2D eigenvalue weighted by Crippen LogP contribution is 2.62. The first-order chi connectivity index (χ1) is 18.8. The van der Waals surface area contributed by atoms with Gasteiger partial charge in [0.2, 0.25) is 0 Å². The molecule has 0 unspecified atom stereocenters. The smallest absolute Gasteiger partial charge is 0.135 e. The zero-order valence-electron chi connectivity index (χ0n) is 20.6. The van der Waals surface area contributed by atoms with E-state index in [1.165, 1.54) is 55.6 Å². The largest absolute Gasteiger partial charge is 0.456 e. The number of benzene rings is 6. The van der Waals surface area contributed by atoms with Crippen molar-refractivity contribution in [2.24, 2.45) is 0 Å². The maximum atomic E-state index is 6.09. The van der Waals surface area contributed by atoms with E-state index in [1.807, 2.05) is 12.1 Å². The van der Waals surface area contributed by atoms with E-state index < -0.39 is 0 Å². The molecular formula is C37H22O. The second-order valence-electron chi connectivity index (χ2n) is 10.5. The van der Waals surface area contributed by atoms with Crippen LogP contribution in [0, 0.1) is 0 Å². The topological polar surface area (TPSA) is 13.1 Å². The molecule has 176 valence electrons. The Labute approximate surface area is 220 Å². The van der Waals surface area contributed by atoms with E-state index >= 15 is 0 Å². The standard InChI is InChI=1S/C37H22O/c1-5-13-31-25(9-1)26-10-2-6-14-32(26)37(31)33-15-7-3-11-27(33)29-21-23(17-19-34(29)37)24-18-20-36-30(22-24)28-12-4-8-16-35(28)38-36/h1-22H. The van der Waals surface area contributed by atoms with Crippen molar-refractivity contribution in [1.82, 2.24) is 0 Å². The quantitative estimate of drug-likeness (QED) is 0.227. The Morgan fingerprint density at radius 2 is 0.868 bits per heavy atom. The molecule has 0 amide bonds. The van der Waals surface area contributed by atoms with Gasteiger partial charge in [-0.15, -0.1) is 0 Å². The monoisotopic (exact) mass is 482 g/mol. The number of hydrogen-bond acceptors (Lipinski definition) is 1. The Hall–Kier alpha value is -4.88. The van der Waals surface area contributed by atoms with E-state index in [4.69, 9.17) is 4.42 Å². The van der Waals surface area contributed by atoms with E-state index in [9.17, 15) is 0 Å². The van der Waals surface area contributed by atoms with Crippen LogP contribution in [0.5, 0.6) is 0 Å². The first kappa shape index (κ1) is 20.2. The Morgan fingerprint density at radius 3 is 1.58 bits per heavy atom. The molecule has 0 bridgehead atoms. The summed E-state index contributed by atoms with van der Waals surface area (Å²) in [6.45, 7) is 0. The van der Waals surface area contributed by atoms with Gasteiger partial charge in [0.05, 0.1) is 5.41 Å². The van der Waals surface area contributed by atoms with Crippen molar-refractivity contribution in [2.45, 2.75) is 5.41 Å². The summed E-state index contributed by atoms with van der Waals surface area (Å²) in [5.41, 5.74) is 14.8. The highest BCUT2D eigenvalue weighted by atomic mass is 16.3. The molecule has 1 nitrogen and oxygen atoms in total. The van der Waals surface area contributed by atoms with Crippen molar-refractivity contribution in [3.8, 4) is 33.4 Å². The van der Waals surface area contributed by atoms with Crippen LogP contribution >= 0.6 is 0 Å². The predicted molar refractivity (Wildman–Crippen MR) is 155 cm³/mol. The van der Waals surface area contributed by atoms with Crippen molar-refractivity contribution in [2.75, 3.05) is 0 Å². The van der Waals surface area contributed by atoms with Gasteiger partial charge >= 0.3 is 0 Å². The first-order valence-electron chi connectivity index (χ1n) is 13.2. The molecule has 1 heteroatoms. The Bertz CT molecular complexity index is 2050. The normalized spacial score (nSPS) is 14.0. The van der Waals surface area contributed by atoms with Crippen molar-refractivity contribution in [3.63, 3.8) is 0 Å². The minimum absolute atomic E-state index is 0.289. The molecule has 38 heavy (non-hydrogen) atoms. The van der Waals surface area contributed by atoms with E-state index in [0.29, 0.717) is 0 Å². The van der Waals surface area contributed by atoms with E-state index in [0.717, 1.165) is 21.9 Å². The fourth-order valence-corrected chi connectivity index (χ4v) is 7.18. The van der Waals surface area contributed by atoms with Crippen molar-refractivity contribution >= 4 is 21.9 Å². The van der Waals surface area contributed by atoms with Crippen LogP contribution in [0.3, 0.4) is 0 Å². The fourth-order valence-electron chi connectivity index (χ4n) is 7.18. The lowest BCUT2D eigenvalue weighted by Crippen LogP contribution is -2.25. The van der Waals surface area contributed by atoms with Crippen LogP contribution in [0.2, 0.25) is 0 Å². The fraction of sp³-hybridized carbons (Fsp3) is 0.0270. The Kier molecular flexibility index (Phi) is 3.78. The molecule has 0 N–H and O–H groups in total. The second kappa shape index (κ2) is 7.12. The summed E-state index contributed by atoms with van der Waals surface area (Å²) >= 11 is 0. The van der Waals surface area contributed by atoms with Gasteiger partial charge in [-0.1, -0.05) is 109 Å². The molecule has 6 aromatic carbocycles. The third-order valence-corrected chi connectivity index (χ3v) is 8.71. The summed E-state index contributed by atoms with van der Waals surface area (Å²) in [5, 5.41) is 2.32. The number of para-hydroxylation sites is 1. The molecule has 7 aromatic rings. The molecule has 0 radical (unpaired) electrons. The second-order valence-corrected chi connectivity index (χ2v) is 10.5. The van der Waals surface area contributed by atoms with Crippen LogP contribution in [-0.2, 0) is 5.41 Å². The van der Waals surface area contributed by atoms with Crippen LogP contribution < -0.4 is 0 Å². The summed E-state index contributed by atoms with van der Waals surface area (Å²) in [7, 11) is 0. The van der Waals surface area contributed by atoms with Crippen LogP contribution in [0.15, 0.2) is 138 Å². The Balaban J connectivity index is 1.32. The molecule has 1 spiro atoms. The van der Waals surface area contributed by atoms with Crippen LogP contribution in [0.1, 0.15) is 22.3 Å². The van der Waals surface area contributed by atoms with Gasteiger partial charge in [0.25, 0.3) is 0 Å². The maximum absolute atomic E-state index is 6.09. The van der Waals surface area contributed by atoms with E-state index in [1.54, 1.807) is 0 Å². The molecule has 1 aromatic heterocycles. The predicted octanol–water partition coefficient (Wildman–Crippen LogP) is 9.60. The minimum Gasteiger partial charge on any atom is -0.456 e. The minimum atomic E-state index is -0.289. The van der Waals surface area contributed by atoms with Crippen molar-refractivity contribution in [3.05, 3.63) is 156 Å². The van der Waals surface area contributed by atoms with Crippen LogP contribution in [0.4, 0.5) is 0 Å². The lowest BCUT2D eigenvalue weighted by molar-refractivity contribution is 0.669. The number of fused-ring (bicyclic) bond motifs is 13. The summed E-state index contributed by atoms with van der Waals surface area (Å²) < 4.78 is 6.09. The lowest BCUT2D eigenvalue weighted by atomic mass is 9.70. The third-order valence-electron chi connectivity index (χ3n) is 8.71. The molecule has 2 aliphatic rings. The van der Waals surface area contributed by atoms with Crippen molar-refractivity contribution in [1.29, 1.82) is 0 Å². The summed E-state index contributed by atoms with van der Waals surface area (Å²) in [6, 6.07) is 48.8. The maximum Gasteiger partial charge on any atom is 0.135 e. The summed E-state index contributed by atoms with van der Waals surface area (Å²) in [5.74, 6) is 0. The third kappa shape index (κ3) is 2.37. The van der Waals surface area contributed by atoms with Gasteiger partial charge in [0, 0.05) is 10.8 Å². The highest BCUT2D eigenvalue weighted by Gasteiger charge is 2.51. The number of hydrogen-bond donors (Lipinski definition) is 0. The number of rotatable bonds is 1. The zero-order chi connectivity index (χ0) is 24.8. The SMILES string of the molecule is c1ccc2c(c1)-c1ccccc1C21c2ccccc2-c2cc(-c3ccc4oc5ccccc5c4c3)ccc21. The van der Waals surface area contributed by atoms with Gasteiger partial charge in [-0.2, -0.15) is 0 Å². The lowest BCUT2D eigenvalue weighted by Gasteiger charge is -2.30. The molecule has 0 aliphatic heterocycles. The van der Waals surface area contributed by atoms with Crippen LogP contribution in [0.25, 0.3) is 55.3 Å². The Morgan fingerprint density at radius 1 is 0.368 bits per heavy atom. The molecule has 9 rings (SSSR count). The molecule has 0 saturated carbocycles. The van der Waals surface area contributed by atoms with E-state index in [-0.39, 0.29) is 5.41 Å². The zero-order valence-corrected chi connectivity index (χ0v) is 20.6.